The Hall–Kier alpha value is -3.55. The molecule has 0 aliphatic rings. The minimum Gasteiger partial charge on any atom is -0.869 e. The number of hydrogen-bond acceptors (Lipinski definition) is 4. The summed E-state index contributed by atoms with van der Waals surface area (Å²) in [6.07, 6.45) is 2.88. The molecule has 0 unspecified atom stereocenters. The van der Waals surface area contributed by atoms with E-state index < -0.39 is 0 Å². The van der Waals surface area contributed by atoms with Crippen LogP contribution in [0.4, 0.5) is 5.69 Å². The lowest BCUT2D eigenvalue weighted by molar-refractivity contribution is -0.671. The molecular weight excluding hydrogens is 494 g/mol. The van der Waals surface area contributed by atoms with Crippen LogP contribution >= 0.6 is 23.8 Å². The number of anilines is 1. The number of thiocarbonyl (C=S) groups is 1. The highest BCUT2D eigenvalue weighted by molar-refractivity contribution is 7.81. The average Bonchev–Trinajstić information content (AvgIpc) is 3.24. The number of halogens is 1. The minimum absolute atomic E-state index is 0.252. The molecular formula is C28H28ClN3O3S. The Labute approximate surface area is 221 Å². The molecule has 0 saturated carbocycles. The number of aryl methyl sites for hydroxylation is 1. The van der Waals surface area contributed by atoms with Crippen molar-refractivity contribution in [1.29, 1.82) is 0 Å². The fraction of sp³-hybridized carbons (Fsp3) is 0.214. The van der Waals surface area contributed by atoms with Crippen molar-refractivity contribution in [2.45, 2.75) is 26.8 Å². The summed E-state index contributed by atoms with van der Waals surface area (Å²) in [5.74, 6) is 0.751. The van der Waals surface area contributed by atoms with Gasteiger partial charge in [-0.3, -0.25) is 0 Å². The van der Waals surface area contributed by atoms with E-state index in [9.17, 15) is 5.11 Å². The number of aromatic nitrogens is 2. The monoisotopic (exact) mass is 521 g/mol. The molecule has 0 radical (unpaired) electrons. The van der Waals surface area contributed by atoms with Crippen molar-refractivity contribution < 1.29 is 19.1 Å². The number of methoxy groups -OCH3 is 2. The highest BCUT2D eigenvalue weighted by Gasteiger charge is 2.23. The molecule has 1 N–H and O–H groups in total. The van der Waals surface area contributed by atoms with Crippen LogP contribution in [0.25, 0.3) is 22.5 Å². The van der Waals surface area contributed by atoms with Crippen LogP contribution in [-0.4, -0.2) is 23.8 Å². The van der Waals surface area contributed by atoms with Gasteiger partial charge in [-0.15, -0.1) is 0 Å². The molecule has 186 valence electrons. The van der Waals surface area contributed by atoms with E-state index in [4.69, 9.17) is 33.3 Å². The van der Waals surface area contributed by atoms with E-state index in [1.165, 1.54) is 7.11 Å². The van der Waals surface area contributed by atoms with Crippen LogP contribution in [0.15, 0.2) is 67.0 Å². The van der Waals surface area contributed by atoms with E-state index in [1.54, 1.807) is 25.3 Å². The summed E-state index contributed by atoms with van der Waals surface area (Å²) < 4.78 is 14.8. The SMILES string of the molecule is CCC[n+]1cn(/C(C(=S)Nc2cccc(Cl)c2C)=C(\[O-])c2ccc(OC)c(OC)c2)c2ccccc21. The molecule has 6 nitrogen and oxygen atoms in total. The molecule has 0 fully saturated rings. The smallest absolute Gasteiger partial charge is 0.250 e. The number of imidazole rings is 1. The van der Waals surface area contributed by atoms with Gasteiger partial charge in [0.25, 0.3) is 0 Å². The molecule has 0 amide bonds. The van der Waals surface area contributed by atoms with Crippen molar-refractivity contribution >= 4 is 57.0 Å². The summed E-state index contributed by atoms with van der Waals surface area (Å²) in [4.78, 5) is 0.282. The van der Waals surface area contributed by atoms with E-state index in [-0.39, 0.29) is 10.7 Å². The van der Waals surface area contributed by atoms with Gasteiger partial charge < -0.3 is 19.9 Å². The van der Waals surface area contributed by atoms with Crippen molar-refractivity contribution in [3.63, 3.8) is 0 Å². The first-order chi connectivity index (χ1) is 17.4. The molecule has 4 rings (SSSR count). The zero-order chi connectivity index (χ0) is 25.8. The molecule has 36 heavy (non-hydrogen) atoms. The molecule has 3 aromatic carbocycles. The summed E-state index contributed by atoms with van der Waals surface area (Å²) in [5, 5.41) is 18.0. The largest absolute Gasteiger partial charge is 0.869 e. The quantitative estimate of drug-likeness (QED) is 0.145. The zero-order valence-electron chi connectivity index (χ0n) is 20.7. The van der Waals surface area contributed by atoms with Gasteiger partial charge >= 0.3 is 0 Å². The topological polar surface area (TPSA) is 62.4 Å². The molecule has 0 atom stereocenters. The van der Waals surface area contributed by atoms with Gasteiger partial charge in [-0.2, -0.15) is 4.57 Å². The highest BCUT2D eigenvalue weighted by atomic mass is 35.5. The normalized spacial score (nSPS) is 11.8. The number of hydrogen-bond donors (Lipinski definition) is 1. The van der Waals surface area contributed by atoms with E-state index in [0.29, 0.717) is 27.8 Å². The Kier molecular flexibility index (Phi) is 7.82. The Morgan fingerprint density at radius 2 is 1.81 bits per heavy atom. The summed E-state index contributed by atoms with van der Waals surface area (Å²) >= 11 is 12.2. The Balaban J connectivity index is 1.94. The van der Waals surface area contributed by atoms with Crippen LogP contribution in [0, 0.1) is 6.92 Å². The fourth-order valence-corrected chi connectivity index (χ4v) is 4.61. The van der Waals surface area contributed by atoms with Crippen molar-refractivity contribution in [3.05, 3.63) is 83.1 Å². The minimum atomic E-state index is -0.252. The summed E-state index contributed by atoms with van der Waals surface area (Å²) in [7, 11) is 3.10. The second-order valence-electron chi connectivity index (χ2n) is 8.28. The van der Waals surface area contributed by atoms with Gasteiger partial charge in [-0.25, -0.2) is 4.57 Å². The van der Waals surface area contributed by atoms with Crippen molar-refractivity contribution in [3.8, 4) is 11.5 Å². The Bertz CT molecular complexity index is 1460. The number of ether oxygens (including phenoxy) is 2. The summed E-state index contributed by atoms with van der Waals surface area (Å²) in [6, 6.07) is 18.6. The summed E-state index contributed by atoms with van der Waals surface area (Å²) in [5.41, 5.74) is 4.22. The maximum absolute atomic E-state index is 14.1. The van der Waals surface area contributed by atoms with E-state index in [1.807, 2.05) is 60.3 Å². The van der Waals surface area contributed by atoms with Crippen LogP contribution in [0.1, 0.15) is 24.5 Å². The zero-order valence-corrected chi connectivity index (χ0v) is 22.2. The molecule has 0 saturated heterocycles. The molecule has 0 spiro atoms. The number of benzene rings is 3. The van der Waals surface area contributed by atoms with Crippen molar-refractivity contribution in [2.75, 3.05) is 19.5 Å². The van der Waals surface area contributed by atoms with Crippen molar-refractivity contribution in [2.24, 2.45) is 0 Å². The third kappa shape index (κ3) is 4.90. The highest BCUT2D eigenvalue weighted by Crippen LogP contribution is 2.32. The number of para-hydroxylation sites is 2. The molecule has 4 aromatic rings. The molecule has 0 aliphatic carbocycles. The van der Waals surface area contributed by atoms with Crippen LogP contribution in [0.2, 0.25) is 5.02 Å². The third-order valence-electron chi connectivity index (χ3n) is 6.00. The van der Waals surface area contributed by atoms with Crippen LogP contribution in [0.3, 0.4) is 0 Å². The second-order valence-corrected chi connectivity index (χ2v) is 9.10. The molecule has 8 heteroatoms. The first kappa shape index (κ1) is 25.5. The molecule has 1 heterocycles. The predicted molar refractivity (Wildman–Crippen MR) is 147 cm³/mol. The number of rotatable bonds is 8. The maximum atomic E-state index is 14.1. The lowest BCUT2D eigenvalue weighted by Crippen LogP contribution is -2.32. The molecule has 0 bridgehead atoms. The van der Waals surface area contributed by atoms with Gasteiger partial charge in [0.2, 0.25) is 6.33 Å². The maximum Gasteiger partial charge on any atom is 0.250 e. The van der Waals surface area contributed by atoms with Crippen LogP contribution in [0.5, 0.6) is 11.5 Å². The number of nitrogens with one attached hydrogen (secondary N) is 1. The molecule has 1 aromatic heterocycles. The average molecular weight is 522 g/mol. The standard InChI is InChI=1S/C28H28ClN3O3S/c1-5-15-31-17-32(23-12-7-6-11-22(23)31)26(28(36)30-21-10-8-9-20(29)18(21)2)27(33)19-13-14-24(34-3)25(16-19)35-4/h6-14,16-17H,5,15H2,1-4H3,(H-,30,33,36). The first-order valence-corrected chi connectivity index (χ1v) is 12.4. The van der Waals surface area contributed by atoms with Gasteiger partial charge in [0, 0.05) is 10.7 Å². The van der Waals surface area contributed by atoms with E-state index in [2.05, 4.69) is 16.8 Å². The van der Waals surface area contributed by atoms with Crippen LogP contribution in [-0.2, 0) is 6.54 Å². The van der Waals surface area contributed by atoms with Gasteiger partial charge in [0.1, 0.15) is 0 Å². The van der Waals surface area contributed by atoms with Gasteiger partial charge in [0.15, 0.2) is 33.2 Å². The van der Waals surface area contributed by atoms with Gasteiger partial charge in [0.05, 0.1) is 20.8 Å². The Morgan fingerprint density at radius 1 is 1.06 bits per heavy atom. The molecule has 0 aliphatic heterocycles. The van der Waals surface area contributed by atoms with Crippen molar-refractivity contribution in [1.82, 2.24) is 4.57 Å². The first-order valence-electron chi connectivity index (χ1n) is 11.6. The second kappa shape index (κ2) is 11.0. The van der Waals surface area contributed by atoms with E-state index in [0.717, 1.165) is 35.2 Å². The lowest BCUT2D eigenvalue weighted by atomic mass is 10.1. The van der Waals surface area contributed by atoms with Gasteiger partial charge in [-0.05, 0) is 66.6 Å². The third-order valence-corrected chi connectivity index (χ3v) is 6.71. The number of fused-ring (bicyclic) bond motifs is 1. The lowest BCUT2D eigenvalue weighted by Gasteiger charge is -2.20. The number of nitrogens with zero attached hydrogens (tertiary/aromatic N) is 2. The van der Waals surface area contributed by atoms with Crippen LogP contribution < -0.4 is 24.5 Å². The fourth-order valence-electron chi connectivity index (χ4n) is 4.13. The predicted octanol–water partition coefficient (Wildman–Crippen LogP) is 5.44. The van der Waals surface area contributed by atoms with E-state index >= 15 is 0 Å². The summed E-state index contributed by atoms with van der Waals surface area (Å²) in [6.45, 7) is 4.83. The Morgan fingerprint density at radius 3 is 2.53 bits per heavy atom. The van der Waals surface area contributed by atoms with Gasteiger partial charge in [-0.1, -0.05) is 55.0 Å².